The van der Waals surface area contributed by atoms with Gasteiger partial charge in [0.25, 0.3) is 0 Å². The Morgan fingerprint density at radius 1 is 0.629 bits per heavy atom. The van der Waals surface area contributed by atoms with Crippen LogP contribution in [0.25, 0.3) is 0 Å². The van der Waals surface area contributed by atoms with Crippen LogP contribution in [0.4, 0.5) is 0 Å². The number of carboxylic acid groups (broad SMARTS) is 1. The van der Waals surface area contributed by atoms with Crippen LogP contribution in [0.5, 0.6) is 0 Å². The number of esters is 1. The van der Waals surface area contributed by atoms with Gasteiger partial charge in [0.1, 0.15) is 6.10 Å². The number of carbonyl (C=O) groups excluding carboxylic acids is 1. The molecule has 0 aliphatic heterocycles. The van der Waals surface area contributed by atoms with Crippen molar-refractivity contribution in [1.82, 2.24) is 0 Å². The molecule has 0 rings (SSSR count). The lowest BCUT2D eigenvalue weighted by molar-refractivity contribution is -0.148. The molecule has 1 unspecified atom stereocenters. The van der Waals surface area contributed by atoms with Gasteiger partial charge in [0.2, 0.25) is 0 Å². The molecule has 5 nitrogen and oxygen atoms in total. The van der Waals surface area contributed by atoms with Crippen LogP contribution in [-0.2, 0) is 14.3 Å². The maximum atomic E-state index is 12.2. The third-order valence-corrected chi connectivity index (χ3v) is 6.64. The number of unbranched alkanes of at least 4 members (excludes halogenated alkanes) is 18. The van der Waals surface area contributed by atoms with Crippen molar-refractivity contribution in [3.63, 3.8) is 0 Å². The molecule has 0 aromatic rings. The zero-order valence-corrected chi connectivity index (χ0v) is 23.0. The maximum Gasteiger partial charge on any atom is 0.334 e. The van der Waals surface area contributed by atoms with E-state index >= 15 is 0 Å². The van der Waals surface area contributed by atoms with Crippen molar-refractivity contribution in [3.05, 3.63) is 11.8 Å². The molecule has 0 aromatic carbocycles. The maximum absolute atomic E-state index is 12.2. The average Bonchev–Trinajstić information content (AvgIpc) is 2.81. The molecule has 2 N–H and O–H groups in total. The monoisotopic (exact) mass is 496 g/mol. The molecule has 5 heteroatoms. The standard InChI is InChI=1S/C30H56O5/c1-3-5-7-9-11-13-14-16-17-19-21-23-27(31)25-30(34)35-28(26-29(32)33)24-22-20-18-15-12-10-8-6-4-2/h25,28,31H,3-24,26H2,1-2H3,(H,32,33). The largest absolute Gasteiger partial charge is 0.512 e. The van der Waals surface area contributed by atoms with E-state index in [2.05, 4.69) is 13.8 Å². The Hall–Kier alpha value is -1.52. The summed E-state index contributed by atoms with van der Waals surface area (Å²) >= 11 is 0. The molecule has 0 amide bonds. The molecule has 206 valence electrons. The minimum atomic E-state index is -0.965. The molecule has 0 radical (unpaired) electrons. The second-order valence-electron chi connectivity index (χ2n) is 10.2. The predicted octanol–water partition coefficient (Wildman–Crippen LogP) is 9.44. The van der Waals surface area contributed by atoms with E-state index in [9.17, 15) is 14.7 Å². The second kappa shape index (κ2) is 25.6. The Kier molecular flexibility index (Phi) is 24.5. The highest BCUT2D eigenvalue weighted by atomic mass is 16.5. The first-order valence-electron chi connectivity index (χ1n) is 14.8. The molecule has 0 heterocycles. The Morgan fingerprint density at radius 2 is 1.03 bits per heavy atom. The Balaban J connectivity index is 3.94. The molecule has 0 aliphatic carbocycles. The molecule has 0 aliphatic rings. The van der Waals surface area contributed by atoms with Gasteiger partial charge < -0.3 is 14.9 Å². The molecular weight excluding hydrogens is 440 g/mol. The Labute approximate surface area is 216 Å². The zero-order chi connectivity index (χ0) is 26.0. The van der Waals surface area contributed by atoms with E-state index in [4.69, 9.17) is 9.84 Å². The van der Waals surface area contributed by atoms with Crippen molar-refractivity contribution < 1.29 is 24.5 Å². The number of hydrogen-bond donors (Lipinski definition) is 2. The van der Waals surface area contributed by atoms with Gasteiger partial charge in [-0.05, 0) is 19.3 Å². The SMILES string of the molecule is CCCCCCCCCCCCCC(O)=CC(=O)OC(CCCCCCCCCCC)CC(=O)O. The first-order chi connectivity index (χ1) is 17.0. The summed E-state index contributed by atoms with van der Waals surface area (Å²) in [4.78, 5) is 23.3. The van der Waals surface area contributed by atoms with Crippen molar-refractivity contribution in [3.8, 4) is 0 Å². The summed E-state index contributed by atoms with van der Waals surface area (Å²) in [6.07, 6.45) is 25.6. The normalized spacial score (nSPS) is 12.6. The molecule has 1 atom stereocenters. The number of carbonyl (C=O) groups is 2. The Bertz CT molecular complexity index is 529. The molecule has 0 fully saturated rings. The summed E-state index contributed by atoms with van der Waals surface area (Å²) in [5.74, 6) is -1.57. The third kappa shape index (κ3) is 25.4. The first kappa shape index (κ1) is 33.5. The fraction of sp³-hybridized carbons (Fsp3) is 0.867. The molecule has 0 spiro atoms. The second-order valence-corrected chi connectivity index (χ2v) is 10.2. The van der Waals surface area contributed by atoms with Crippen LogP contribution in [0.1, 0.15) is 162 Å². The molecular formula is C30H56O5. The Morgan fingerprint density at radius 3 is 1.46 bits per heavy atom. The fourth-order valence-corrected chi connectivity index (χ4v) is 4.46. The summed E-state index contributed by atoms with van der Waals surface area (Å²) in [6.45, 7) is 4.46. The fourth-order valence-electron chi connectivity index (χ4n) is 4.46. The smallest absolute Gasteiger partial charge is 0.334 e. The van der Waals surface area contributed by atoms with Gasteiger partial charge in [0.05, 0.1) is 18.3 Å². The lowest BCUT2D eigenvalue weighted by atomic mass is 10.0. The van der Waals surface area contributed by atoms with Crippen LogP contribution >= 0.6 is 0 Å². The van der Waals surface area contributed by atoms with Gasteiger partial charge in [-0.25, -0.2) is 4.79 Å². The van der Waals surface area contributed by atoms with E-state index in [1.807, 2.05) is 0 Å². The quantitative estimate of drug-likeness (QED) is 0.0539. The molecule has 0 aromatic heterocycles. The van der Waals surface area contributed by atoms with Gasteiger partial charge in [-0.15, -0.1) is 0 Å². The summed E-state index contributed by atoms with van der Waals surface area (Å²) in [6, 6.07) is 0. The van der Waals surface area contributed by atoms with E-state index in [-0.39, 0.29) is 12.2 Å². The van der Waals surface area contributed by atoms with Crippen LogP contribution in [0, 0.1) is 0 Å². The predicted molar refractivity (Wildman–Crippen MR) is 146 cm³/mol. The number of allylic oxidation sites excluding steroid dienone is 1. The lowest BCUT2D eigenvalue weighted by Crippen LogP contribution is -2.21. The van der Waals surface area contributed by atoms with Gasteiger partial charge in [0.15, 0.2) is 0 Å². The van der Waals surface area contributed by atoms with E-state index in [1.54, 1.807) is 0 Å². The number of hydrogen-bond acceptors (Lipinski definition) is 4. The van der Waals surface area contributed by atoms with Crippen molar-refractivity contribution in [2.24, 2.45) is 0 Å². The first-order valence-corrected chi connectivity index (χ1v) is 14.8. The number of ether oxygens (including phenoxy) is 1. The van der Waals surface area contributed by atoms with Gasteiger partial charge in [-0.3, -0.25) is 4.79 Å². The van der Waals surface area contributed by atoms with Crippen LogP contribution in [0.15, 0.2) is 11.8 Å². The number of aliphatic hydroxyl groups excluding tert-OH is 1. The summed E-state index contributed by atoms with van der Waals surface area (Å²) in [5.41, 5.74) is 0. The minimum Gasteiger partial charge on any atom is -0.512 e. The number of aliphatic carboxylic acids is 1. The highest BCUT2D eigenvalue weighted by molar-refractivity contribution is 5.82. The molecule has 0 saturated carbocycles. The van der Waals surface area contributed by atoms with Crippen molar-refractivity contribution in [1.29, 1.82) is 0 Å². The van der Waals surface area contributed by atoms with Crippen molar-refractivity contribution in [2.75, 3.05) is 0 Å². The number of carboxylic acids is 1. The molecule has 0 bridgehead atoms. The highest BCUT2D eigenvalue weighted by Crippen LogP contribution is 2.16. The third-order valence-electron chi connectivity index (χ3n) is 6.64. The van der Waals surface area contributed by atoms with E-state index in [0.29, 0.717) is 12.8 Å². The van der Waals surface area contributed by atoms with Gasteiger partial charge in [-0.2, -0.15) is 0 Å². The lowest BCUT2D eigenvalue weighted by Gasteiger charge is -2.15. The van der Waals surface area contributed by atoms with Crippen LogP contribution in [0.2, 0.25) is 0 Å². The van der Waals surface area contributed by atoms with Crippen molar-refractivity contribution in [2.45, 2.75) is 168 Å². The number of rotatable bonds is 26. The van der Waals surface area contributed by atoms with E-state index < -0.39 is 18.0 Å². The van der Waals surface area contributed by atoms with E-state index in [1.165, 1.54) is 89.9 Å². The summed E-state index contributed by atoms with van der Waals surface area (Å²) < 4.78 is 5.35. The average molecular weight is 497 g/mol. The van der Waals surface area contributed by atoms with Crippen molar-refractivity contribution >= 4 is 11.9 Å². The van der Waals surface area contributed by atoms with Gasteiger partial charge in [-0.1, -0.05) is 129 Å². The molecule has 0 saturated heterocycles. The minimum absolute atomic E-state index is 0.0306. The van der Waals surface area contributed by atoms with Crippen LogP contribution in [-0.4, -0.2) is 28.3 Å². The van der Waals surface area contributed by atoms with Crippen LogP contribution in [0.3, 0.4) is 0 Å². The van der Waals surface area contributed by atoms with Crippen LogP contribution < -0.4 is 0 Å². The number of aliphatic hydroxyl groups is 1. The topological polar surface area (TPSA) is 83.8 Å². The summed E-state index contributed by atoms with van der Waals surface area (Å²) in [7, 11) is 0. The molecule has 35 heavy (non-hydrogen) atoms. The zero-order valence-electron chi connectivity index (χ0n) is 23.0. The van der Waals surface area contributed by atoms with E-state index in [0.717, 1.165) is 44.6 Å². The summed E-state index contributed by atoms with van der Waals surface area (Å²) in [5, 5.41) is 19.2. The highest BCUT2D eigenvalue weighted by Gasteiger charge is 2.17. The van der Waals surface area contributed by atoms with Gasteiger partial charge in [0, 0.05) is 6.42 Å². The van der Waals surface area contributed by atoms with Gasteiger partial charge >= 0.3 is 11.9 Å².